The van der Waals surface area contributed by atoms with Crippen LogP contribution in [0.3, 0.4) is 0 Å². The van der Waals surface area contributed by atoms with Gasteiger partial charge in [0.15, 0.2) is 0 Å². The van der Waals surface area contributed by atoms with E-state index in [2.05, 4.69) is 37.7 Å². The first kappa shape index (κ1) is 13.3. The second-order valence-electron chi connectivity index (χ2n) is 6.18. The molecule has 3 nitrogen and oxygen atoms in total. The van der Waals surface area contributed by atoms with E-state index in [1.54, 1.807) is 0 Å². The third kappa shape index (κ3) is 1.81. The highest BCUT2D eigenvalue weighted by atomic mass is 16.4. The molecule has 0 saturated heterocycles. The first-order valence-corrected chi connectivity index (χ1v) is 6.63. The first-order chi connectivity index (χ1) is 8.41. The smallest absolute Gasteiger partial charge is 0.102 e. The van der Waals surface area contributed by atoms with Crippen molar-refractivity contribution in [3.63, 3.8) is 0 Å². The minimum absolute atomic E-state index is 0.00824. The lowest BCUT2D eigenvalue weighted by Crippen LogP contribution is -2.52. The van der Waals surface area contributed by atoms with Crippen LogP contribution in [0.1, 0.15) is 33.6 Å². The van der Waals surface area contributed by atoms with Crippen molar-refractivity contribution in [3.05, 3.63) is 24.3 Å². The predicted octanol–water partition coefficient (Wildman–Crippen LogP) is 2.99. The van der Waals surface area contributed by atoms with Gasteiger partial charge < -0.3 is 10.3 Å². The Kier molecular flexibility index (Phi) is 3.37. The van der Waals surface area contributed by atoms with Crippen molar-refractivity contribution in [1.29, 1.82) is 0 Å². The van der Waals surface area contributed by atoms with E-state index in [0.717, 1.165) is 18.4 Å². The van der Waals surface area contributed by atoms with Crippen molar-refractivity contribution in [3.8, 4) is 0 Å². The molecule has 0 spiro atoms. The summed E-state index contributed by atoms with van der Waals surface area (Å²) < 4.78 is 0. The molecule has 1 fully saturated rings. The van der Waals surface area contributed by atoms with Crippen LogP contribution in [0.2, 0.25) is 0 Å². The van der Waals surface area contributed by atoms with E-state index in [1.807, 2.05) is 6.92 Å². The van der Waals surface area contributed by atoms with Gasteiger partial charge >= 0.3 is 0 Å². The predicted molar refractivity (Wildman–Crippen MR) is 72.7 cm³/mol. The quantitative estimate of drug-likeness (QED) is 0.426. The molecule has 0 heterocycles. The molecule has 2 rings (SSSR count). The summed E-state index contributed by atoms with van der Waals surface area (Å²) in [6.45, 7) is 10.4. The summed E-state index contributed by atoms with van der Waals surface area (Å²) in [5, 5.41) is 23.0. The zero-order valence-electron chi connectivity index (χ0n) is 11.4. The average molecular weight is 249 g/mol. The Morgan fingerprint density at radius 3 is 2.78 bits per heavy atom. The summed E-state index contributed by atoms with van der Waals surface area (Å²) in [6.07, 6.45) is 5.47. The lowest BCUT2D eigenvalue weighted by molar-refractivity contribution is 0.0475. The molecule has 2 aliphatic carbocycles. The highest BCUT2D eigenvalue weighted by molar-refractivity contribution is 5.94. The number of rotatable bonds is 1. The van der Waals surface area contributed by atoms with E-state index < -0.39 is 6.10 Å². The van der Waals surface area contributed by atoms with Crippen LogP contribution in [0, 0.1) is 23.2 Å². The topological polar surface area (TPSA) is 52.8 Å². The van der Waals surface area contributed by atoms with E-state index in [1.165, 1.54) is 0 Å². The van der Waals surface area contributed by atoms with Crippen molar-refractivity contribution < 1.29 is 10.3 Å². The fourth-order valence-corrected chi connectivity index (χ4v) is 3.52. The number of fused-ring (bicyclic) bond motifs is 1. The first-order valence-electron chi connectivity index (χ1n) is 6.63. The molecule has 5 atom stereocenters. The summed E-state index contributed by atoms with van der Waals surface area (Å²) in [6, 6.07) is 0. The maximum Gasteiger partial charge on any atom is 0.102 e. The number of nitrogens with zero attached hydrogens (tertiary/aromatic N) is 1. The standard InChI is InChI=1S/C15H23NO2/c1-9(2)11-8-15(4)10(3)6-5-7-12(15)13(16-18)14(11)17/h5,7,10-12,14,17-18H,1,6,8H2,2-4H3/b16-13+. The molecule has 0 aromatic heterocycles. The molecule has 0 radical (unpaired) electrons. The van der Waals surface area contributed by atoms with Crippen molar-refractivity contribution in [1.82, 2.24) is 0 Å². The Hall–Kier alpha value is -1.09. The molecule has 0 aliphatic heterocycles. The van der Waals surface area contributed by atoms with Crippen molar-refractivity contribution >= 4 is 5.71 Å². The molecule has 18 heavy (non-hydrogen) atoms. The van der Waals surface area contributed by atoms with Gasteiger partial charge in [0.25, 0.3) is 0 Å². The van der Waals surface area contributed by atoms with Crippen molar-refractivity contribution in [2.24, 2.45) is 28.3 Å². The second-order valence-corrected chi connectivity index (χ2v) is 6.18. The highest BCUT2D eigenvalue weighted by Crippen LogP contribution is 2.52. The van der Waals surface area contributed by atoms with E-state index >= 15 is 0 Å². The van der Waals surface area contributed by atoms with Crippen LogP contribution in [-0.2, 0) is 0 Å². The summed E-state index contributed by atoms with van der Waals surface area (Å²) in [4.78, 5) is 0. The summed E-state index contributed by atoms with van der Waals surface area (Å²) >= 11 is 0. The molecule has 1 saturated carbocycles. The molecule has 0 aromatic carbocycles. The maximum absolute atomic E-state index is 10.4. The summed E-state index contributed by atoms with van der Waals surface area (Å²) in [5.74, 6) is 0.543. The highest BCUT2D eigenvalue weighted by Gasteiger charge is 2.51. The van der Waals surface area contributed by atoms with Gasteiger partial charge in [-0.1, -0.05) is 43.3 Å². The largest absolute Gasteiger partial charge is 0.411 e. The van der Waals surface area contributed by atoms with Crippen LogP contribution in [0.15, 0.2) is 29.5 Å². The molecule has 2 aliphatic rings. The van der Waals surface area contributed by atoms with Gasteiger partial charge in [0.1, 0.15) is 6.10 Å². The van der Waals surface area contributed by atoms with Crippen LogP contribution >= 0.6 is 0 Å². The van der Waals surface area contributed by atoms with Gasteiger partial charge in [-0.2, -0.15) is 0 Å². The molecule has 2 N–H and O–H groups in total. The van der Waals surface area contributed by atoms with Crippen LogP contribution in [0.4, 0.5) is 0 Å². The third-order valence-electron chi connectivity index (χ3n) is 5.07. The molecular weight excluding hydrogens is 226 g/mol. The van der Waals surface area contributed by atoms with Crippen LogP contribution in [0.25, 0.3) is 0 Å². The third-order valence-corrected chi connectivity index (χ3v) is 5.07. The Morgan fingerprint density at radius 2 is 2.22 bits per heavy atom. The van der Waals surface area contributed by atoms with Gasteiger partial charge in [0.05, 0.1) is 5.71 Å². The molecule has 100 valence electrons. The number of hydrogen-bond donors (Lipinski definition) is 2. The fourth-order valence-electron chi connectivity index (χ4n) is 3.52. The van der Waals surface area contributed by atoms with Crippen molar-refractivity contribution in [2.75, 3.05) is 0 Å². The average Bonchev–Trinajstić information content (AvgIpc) is 2.31. The number of aliphatic hydroxyl groups excluding tert-OH is 1. The van der Waals surface area contributed by atoms with E-state index in [9.17, 15) is 10.3 Å². The minimum Gasteiger partial charge on any atom is -0.411 e. The van der Waals surface area contributed by atoms with Crippen LogP contribution < -0.4 is 0 Å². The van der Waals surface area contributed by atoms with Gasteiger partial charge in [0, 0.05) is 11.8 Å². The number of oxime groups is 1. The number of aliphatic hydroxyl groups is 1. The SMILES string of the molecule is C=C(C)C1CC2(C)C(C)CC=CC2/C(=N\O)C1O. The zero-order valence-corrected chi connectivity index (χ0v) is 11.4. The van der Waals surface area contributed by atoms with Crippen molar-refractivity contribution in [2.45, 2.75) is 39.7 Å². The molecule has 3 heteroatoms. The Labute approximate surface area is 109 Å². The normalized spacial score (nSPS) is 45.9. The van der Waals surface area contributed by atoms with Gasteiger partial charge in [-0.05, 0) is 31.1 Å². The van der Waals surface area contributed by atoms with Gasteiger partial charge in [-0.25, -0.2) is 0 Å². The monoisotopic (exact) mass is 249 g/mol. The summed E-state index contributed by atoms with van der Waals surface area (Å²) in [7, 11) is 0. The second kappa shape index (κ2) is 4.54. The maximum atomic E-state index is 10.4. The van der Waals surface area contributed by atoms with Gasteiger partial charge in [-0.15, -0.1) is 0 Å². The van der Waals surface area contributed by atoms with Gasteiger partial charge in [-0.3, -0.25) is 0 Å². The zero-order chi connectivity index (χ0) is 13.5. The minimum atomic E-state index is -0.708. The lowest BCUT2D eigenvalue weighted by Gasteiger charge is -2.51. The Balaban J connectivity index is 2.46. The number of allylic oxidation sites excluding steroid dienone is 2. The molecule has 0 bridgehead atoms. The molecule has 5 unspecified atom stereocenters. The molecular formula is C15H23NO2. The van der Waals surface area contributed by atoms with Crippen LogP contribution in [-0.4, -0.2) is 22.1 Å². The molecule has 0 aromatic rings. The van der Waals surface area contributed by atoms with Gasteiger partial charge in [0.2, 0.25) is 0 Å². The molecule has 0 amide bonds. The van der Waals surface area contributed by atoms with E-state index in [4.69, 9.17) is 0 Å². The Morgan fingerprint density at radius 1 is 1.56 bits per heavy atom. The number of hydrogen-bond acceptors (Lipinski definition) is 3. The fraction of sp³-hybridized carbons (Fsp3) is 0.667. The lowest BCUT2D eigenvalue weighted by atomic mass is 9.54. The van der Waals surface area contributed by atoms with Crippen LogP contribution in [0.5, 0.6) is 0 Å². The van der Waals surface area contributed by atoms with E-state index in [0.29, 0.717) is 11.6 Å². The summed E-state index contributed by atoms with van der Waals surface area (Å²) in [5.41, 5.74) is 1.50. The van der Waals surface area contributed by atoms with E-state index in [-0.39, 0.29) is 17.3 Å². The Bertz CT molecular complexity index is 413.